The molecule has 0 radical (unpaired) electrons. The highest BCUT2D eigenvalue weighted by Crippen LogP contribution is 2.33. The molecule has 1 unspecified atom stereocenters. The molecule has 4 heterocycles. The van der Waals surface area contributed by atoms with Crippen LogP contribution >= 0.6 is 22.7 Å². The summed E-state index contributed by atoms with van der Waals surface area (Å²) in [7, 11) is 0. The Kier molecular flexibility index (Phi) is 4.66. The van der Waals surface area contributed by atoms with Gasteiger partial charge in [-0.15, -0.1) is 27.8 Å². The van der Waals surface area contributed by atoms with E-state index in [0.717, 1.165) is 5.52 Å². The van der Waals surface area contributed by atoms with Gasteiger partial charge in [-0.2, -0.15) is 4.68 Å². The minimum Gasteiger partial charge on any atom is -0.361 e. The van der Waals surface area contributed by atoms with Crippen molar-refractivity contribution in [2.45, 2.75) is 5.92 Å². The summed E-state index contributed by atoms with van der Waals surface area (Å²) in [5.74, 6) is -0.0709. The molecule has 1 aromatic carbocycles. The lowest BCUT2D eigenvalue weighted by Gasteiger charge is -2.16. The Morgan fingerprint density at radius 1 is 1.14 bits per heavy atom. The Bertz CT molecular complexity index is 1240. The van der Waals surface area contributed by atoms with Crippen LogP contribution in [0.5, 0.6) is 0 Å². The van der Waals surface area contributed by atoms with Crippen molar-refractivity contribution in [3.05, 3.63) is 81.1 Å². The van der Waals surface area contributed by atoms with Gasteiger partial charge in [-0.1, -0.05) is 24.3 Å². The van der Waals surface area contributed by atoms with Crippen LogP contribution in [0.1, 0.15) is 26.0 Å². The Morgan fingerprint density at radius 3 is 2.90 bits per heavy atom. The maximum absolute atomic E-state index is 12.9. The molecule has 5 aromatic rings. The molecule has 5 rings (SSSR count). The summed E-state index contributed by atoms with van der Waals surface area (Å²) in [6.45, 7) is 0.494. The highest BCUT2D eigenvalue weighted by Gasteiger charge is 2.22. The standard InChI is InChI=1S/C20H16N6OS2/c27-20(19-17(7-9-29-19)26-12-23-24-25-26)22-11-15(18-6-3-8-28-18)14-10-21-16-5-2-1-4-13(14)16/h1-10,12,15,21H,11H2,(H,22,27). The molecule has 0 aliphatic rings. The van der Waals surface area contributed by atoms with Gasteiger partial charge in [-0.05, 0) is 44.9 Å². The second-order valence-corrected chi connectivity index (χ2v) is 8.35. The van der Waals surface area contributed by atoms with Crippen molar-refractivity contribution in [1.82, 2.24) is 30.5 Å². The SMILES string of the molecule is O=C(NCC(c1cccs1)c1c[nH]c2ccccc12)c1sccc1-n1cnnn1. The number of benzene rings is 1. The fourth-order valence-electron chi connectivity index (χ4n) is 3.44. The maximum Gasteiger partial charge on any atom is 0.263 e. The number of carbonyl (C=O) groups excluding carboxylic acids is 1. The topological polar surface area (TPSA) is 88.5 Å². The molecular formula is C20H16N6OS2. The number of carbonyl (C=O) groups is 1. The average molecular weight is 421 g/mol. The number of rotatable bonds is 6. The quantitative estimate of drug-likeness (QED) is 0.437. The molecule has 29 heavy (non-hydrogen) atoms. The van der Waals surface area contributed by atoms with E-state index in [0.29, 0.717) is 17.1 Å². The van der Waals surface area contributed by atoms with Gasteiger partial charge in [0.1, 0.15) is 11.2 Å². The van der Waals surface area contributed by atoms with Gasteiger partial charge in [-0.3, -0.25) is 4.79 Å². The van der Waals surface area contributed by atoms with Crippen molar-refractivity contribution in [3.8, 4) is 5.69 Å². The molecule has 144 valence electrons. The zero-order valence-corrected chi connectivity index (χ0v) is 16.8. The first kappa shape index (κ1) is 17.8. The van der Waals surface area contributed by atoms with Gasteiger partial charge in [-0.25, -0.2) is 0 Å². The van der Waals surface area contributed by atoms with E-state index in [4.69, 9.17) is 0 Å². The van der Waals surface area contributed by atoms with E-state index in [2.05, 4.69) is 49.4 Å². The van der Waals surface area contributed by atoms with Crippen LogP contribution in [0.15, 0.2) is 65.7 Å². The summed E-state index contributed by atoms with van der Waals surface area (Å²) < 4.78 is 1.50. The molecule has 1 amide bonds. The second kappa shape index (κ2) is 7.61. The first-order valence-corrected chi connectivity index (χ1v) is 10.8. The fourth-order valence-corrected chi connectivity index (χ4v) is 5.08. The van der Waals surface area contributed by atoms with E-state index in [1.807, 2.05) is 35.8 Å². The van der Waals surface area contributed by atoms with Gasteiger partial charge in [0.25, 0.3) is 5.91 Å². The number of tetrazole rings is 1. The minimum atomic E-state index is -0.133. The highest BCUT2D eigenvalue weighted by molar-refractivity contribution is 7.12. The van der Waals surface area contributed by atoms with Gasteiger partial charge in [0.2, 0.25) is 0 Å². The summed E-state index contributed by atoms with van der Waals surface area (Å²) >= 11 is 3.07. The van der Waals surface area contributed by atoms with Crippen LogP contribution in [-0.2, 0) is 0 Å². The second-order valence-electron chi connectivity index (χ2n) is 6.46. The lowest BCUT2D eigenvalue weighted by molar-refractivity contribution is 0.0956. The monoisotopic (exact) mass is 420 g/mol. The van der Waals surface area contributed by atoms with Gasteiger partial charge < -0.3 is 10.3 Å². The lowest BCUT2D eigenvalue weighted by atomic mass is 9.96. The van der Waals surface area contributed by atoms with Crippen LogP contribution in [0.3, 0.4) is 0 Å². The number of aromatic amines is 1. The van der Waals surface area contributed by atoms with Crippen LogP contribution < -0.4 is 5.32 Å². The molecule has 0 spiro atoms. The molecule has 0 aliphatic carbocycles. The molecule has 0 fully saturated rings. The van der Waals surface area contributed by atoms with Crippen LogP contribution in [0.4, 0.5) is 0 Å². The predicted octanol–water partition coefficient (Wildman–Crippen LogP) is 3.83. The van der Waals surface area contributed by atoms with Crippen LogP contribution in [-0.4, -0.2) is 37.6 Å². The van der Waals surface area contributed by atoms with Gasteiger partial charge >= 0.3 is 0 Å². The first-order valence-electron chi connectivity index (χ1n) is 8.99. The normalized spacial score (nSPS) is 12.3. The van der Waals surface area contributed by atoms with E-state index in [1.54, 1.807) is 11.3 Å². The van der Waals surface area contributed by atoms with E-state index in [1.165, 1.54) is 38.2 Å². The number of nitrogens with zero attached hydrogens (tertiary/aromatic N) is 4. The summed E-state index contributed by atoms with van der Waals surface area (Å²) in [5.41, 5.74) is 2.95. The lowest BCUT2D eigenvalue weighted by Crippen LogP contribution is -2.28. The van der Waals surface area contributed by atoms with Crippen molar-refractivity contribution < 1.29 is 4.79 Å². The smallest absolute Gasteiger partial charge is 0.263 e. The largest absolute Gasteiger partial charge is 0.361 e. The van der Waals surface area contributed by atoms with Crippen LogP contribution in [0.2, 0.25) is 0 Å². The average Bonchev–Trinajstić information content (AvgIpc) is 3.55. The van der Waals surface area contributed by atoms with E-state index < -0.39 is 0 Å². The maximum atomic E-state index is 12.9. The number of H-pyrrole nitrogens is 1. The summed E-state index contributed by atoms with van der Waals surface area (Å²) in [6.07, 6.45) is 3.53. The number of hydrogen-bond donors (Lipinski definition) is 2. The van der Waals surface area contributed by atoms with E-state index in [9.17, 15) is 4.79 Å². The van der Waals surface area contributed by atoms with Crippen molar-refractivity contribution in [3.63, 3.8) is 0 Å². The van der Waals surface area contributed by atoms with Crippen LogP contribution in [0, 0.1) is 0 Å². The molecule has 7 nitrogen and oxygen atoms in total. The molecule has 0 bridgehead atoms. The van der Waals surface area contributed by atoms with Gasteiger partial charge in [0.05, 0.1) is 5.69 Å². The Balaban J connectivity index is 1.43. The fraction of sp³-hybridized carbons (Fsp3) is 0.100. The molecule has 0 saturated heterocycles. The highest BCUT2D eigenvalue weighted by atomic mass is 32.1. The summed E-state index contributed by atoms with van der Waals surface area (Å²) in [4.78, 5) is 18.1. The third kappa shape index (κ3) is 3.34. The number of amides is 1. The van der Waals surface area contributed by atoms with Gasteiger partial charge in [0.15, 0.2) is 0 Å². The van der Waals surface area contributed by atoms with Crippen molar-refractivity contribution in [2.75, 3.05) is 6.54 Å². The van der Waals surface area contributed by atoms with Crippen LogP contribution in [0.25, 0.3) is 16.6 Å². The predicted molar refractivity (Wildman–Crippen MR) is 114 cm³/mol. The van der Waals surface area contributed by atoms with Crippen molar-refractivity contribution in [1.29, 1.82) is 0 Å². The van der Waals surface area contributed by atoms with Gasteiger partial charge in [0, 0.05) is 34.4 Å². The molecule has 2 N–H and O–H groups in total. The third-order valence-corrected chi connectivity index (χ3v) is 6.68. The zero-order chi connectivity index (χ0) is 19.6. The Labute approximate surface area is 174 Å². The minimum absolute atomic E-state index is 0.0616. The third-order valence-electron chi connectivity index (χ3n) is 4.80. The molecule has 1 atom stereocenters. The van der Waals surface area contributed by atoms with Crippen molar-refractivity contribution >= 4 is 39.5 Å². The molecular weight excluding hydrogens is 404 g/mol. The molecule has 4 aromatic heterocycles. The number of hydrogen-bond acceptors (Lipinski definition) is 6. The summed E-state index contributed by atoms with van der Waals surface area (Å²) in [6, 6.07) is 14.2. The number of nitrogens with one attached hydrogen (secondary N) is 2. The summed E-state index contributed by atoms with van der Waals surface area (Å²) in [5, 5.41) is 19.4. The number of para-hydroxylation sites is 1. The molecule has 9 heteroatoms. The zero-order valence-electron chi connectivity index (χ0n) is 15.1. The Morgan fingerprint density at radius 2 is 2.07 bits per heavy atom. The molecule has 0 saturated carbocycles. The van der Waals surface area contributed by atoms with Crippen molar-refractivity contribution in [2.24, 2.45) is 0 Å². The number of aromatic nitrogens is 5. The number of thiophene rings is 2. The van der Waals surface area contributed by atoms with E-state index in [-0.39, 0.29) is 11.8 Å². The number of fused-ring (bicyclic) bond motifs is 1. The van der Waals surface area contributed by atoms with E-state index >= 15 is 0 Å². The first-order chi connectivity index (χ1) is 14.3. The molecule has 0 aliphatic heterocycles. The Hall–Kier alpha value is -3.30.